The first kappa shape index (κ1) is 40.6. The fourth-order valence-electron chi connectivity index (χ4n) is 10.8. The summed E-state index contributed by atoms with van der Waals surface area (Å²) in [5.74, 6) is -0.0711. The molecule has 286 valence electrons. The molecule has 0 bridgehead atoms. The average Bonchev–Trinajstić information content (AvgIpc) is 3.32. The number of carbonyl (C=O) groups is 4. The Kier molecular flexibility index (Phi) is 13.2. The van der Waals surface area contributed by atoms with Gasteiger partial charge in [0.1, 0.15) is 0 Å². The lowest BCUT2D eigenvalue weighted by Gasteiger charge is -2.57. The molecule has 0 radical (unpaired) electrons. The van der Waals surface area contributed by atoms with Crippen LogP contribution in [0.3, 0.4) is 0 Å². The Balaban J connectivity index is 1.24. The van der Waals surface area contributed by atoms with Gasteiger partial charge in [-0.25, -0.2) is 0 Å². The maximum Gasteiger partial charge on any atom is 0.305 e. The van der Waals surface area contributed by atoms with Crippen LogP contribution in [0, 0.1) is 0 Å². The van der Waals surface area contributed by atoms with Crippen molar-refractivity contribution in [1.82, 2.24) is 20.4 Å². The largest absolute Gasteiger partial charge is 0.466 e. The normalized spacial score (nSPS) is 25.7. The van der Waals surface area contributed by atoms with Gasteiger partial charge in [0.2, 0.25) is 11.8 Å². The molecule has 0 aromatic carbocycles. The summed E-state index contributed by atoms with van der Waals surface area (Å²) in [4.78, 5) is 56.5. The van der Waals surface area contributed by atoms with Crippen molar-refractivity contribution in [2.75, 3.05) is 26.3 Å². The second-order valence-corrected chi connectivity index (χ2v) is 18.8. The van der Waals surface area contributed by atoms with Gasteiger partial charge in [0, 0.05) is 84.8 Å². The number of hydrogen-bond acceptors (Lipinski definition) is 8. The van der Waals surface area contributed by atoms with E-state index in [0.717, 1.165) is 77.3 Å². The van der Waals surface area contributed by atoms with E-state index < -0.39 is 0 Å². The zero-order valence-electron chi connectivity index (χ0n) is 32.9. The fourth-order valence-corrected chi connectivity index (χ4v) is 10.8. The number of rotatable bonds is 13. The van der Waals surface area contributed by atoms with Crippen LogP contribution in [-0.2, 0) is 28.7 Å². The van der Waals surface area contributed by atoms with E-state index in [0.29, 0.717) is 38.5 Å². The number of amides is 2. The Morgan fingerprint density at radius 1 is 0.560 bits per heavy atom. The third-order valence-corrected chi connectivity index (χ3v) is 11.4. The molecule has 50 heavy (non-hydrogen) atoms. The van der Waals surface area contributed by atoms with E-state index in [2.05, 4.69) is 75.8 Å². The Hall–Kier alpha value is -2.20. The van der Waals surface area contributed by atoms with Gasteiger partial charge < -0.3 is 29.9 Å². The molecule has 4 heterocycles. The van der Waals surface area contributed by atoms with Crippen LogP contribution in [0.1, 0.15) is 171 Å². The van der Waals surface area contributed by atoms with Crippen LogP contribution in [0.25, 0.3) is 0 Å². The quantitative estimate of drug-likeness (QED) is 0.163. The van der Waals surface area contributed by atoms with E-state index in [4.69, 9.17) is 9.47 Å². The van der Waals surface area contributed by atoms with Crippen molar-refractivity contribution in [3.05, 3.63) is 0 Å². The van der Waals surface area contributed by atoms with Gasteiger partial charge in [-0.05, 0) is 120 Å². The molecule has 0 atom stereocenters. The van der Waals surface area contributed by atoms with Crippen LogP contribution in [0.4, 0.5) is 0 Å². The summed E-state index contributed by atoms with van der Waals surface area (Å²) in [5, 5.41) is 7.51. The number of likely N-dealkylation sites (tertiary alicyclic amines) is 2. The summed E-state index contributed by atoms with van der Waals surface area (Å²) in [5.41, 5.74) is -1.33. The molecule has 0 aromatic rings. The lowest BCUT2D eigenvalue weighted by Crippen LogP contribution is -2.69. The molecule has 2 N–H and O–H groups in total. The van der Waals surface area contributed by atoms with Gasteiger partial charge in [-0.1, -0.05) is 12.8 Å². The molecular formula is C40H70N4O6. The van der Waals surface area contributed by atoms with E-state index in [1.54, 1.807) is 0 Å². The van der Waals surface area contributed by atoms with E-state index in [1.165, 1.54) is 0 Å². The van der Waals surface area contributed by atoms with E-state index in [1.807, 2.05) is 0 Å². The van der Waals surface area contributed by atoms with Gasteiger partial charge in [-0.15, -0.1) is 0 Å². The predicted molar refractivity (Wildman–Crippen MR) is 196 cm³/mol. The second kappa shape index (κ2) is 16.2. The molecular weight excluding hydrogens is 632 g/mol. The smallest absolute Gasteiger partial charge is 0.305 e. The maximum absolute atomic E-state index is 13.3. The van der Waals surface area contributed by atoms with Gasteiger partial charge in [-0.2, -0.15) is 0 Å². The van der Waals surface area contributed by atoms with Crippen molar-refractivity contribution in [3.63, 3.8) is 0 Å². The van der Waals surface area contributed by atoms with Crippen LogP contribution in [0.5, 0.6) is 0 Å². The fraction of sp³-hybridized carbons (Fsp3) is 0.900. The third kappa shape index (κ3) is 11.1. The highest BCUT2D eigenvalue weighted by molar-refractivity contribution is 5.78. The summed E-state index contributed by atoms with van der Waals surface area (Å²) in [6, 6.07) is 0. The summed E-state index contributed by atoms with van der Waals surface area (Å²) >= 11 is 0. The molecule has 4 rings (SSSR count). The maximum atomic E-state index is 13.3. The first-order valence-electron chi connectivity index (χ1n) is 19.8. The summed E-state index contributed by atoms with van der Waals surface area (Å²) in [6.07, 6.45) is 13.3. The number of nitrogens with zero attached hydrogens (tertiary/aromatic N) is 2. The number of ether oxygens (including phenoxy) is 2. The number of piperidine rings is 2. The molecule has 0 saturated carbocycles. The van der Waals surface area contributed by atoms with Crippen LogP contribution < -0.4 is 10.6 Å². The van der Waals surface area contributed by atoms with Gasteiger partial charge in [0.05, 0.1) is 13.2 Å². The predicted octanol–water partition coefficient (Wildman–Crippen LogP) is 6.58. The summed E-state index contributed by atoms with van der Waals surface area (Å²) < 4.78 is 11.5. The lowest BCUT2D eigenvalue weighted by atomic mass is 9.68. The first-order chi connectivity index (χ1) is 23.3. The summed E-state index contributed by atoms with van der Waals surface area (Å²) in [7, 11) is 0. The first-order valence-corrected chi connectivity index (χ1v) is 19.8. The molecule has 0 spiro atoms. The van der Waals surface area contributed by atoms with Gasteiger partial charge in [0.25, 0.3) is 0 Å². The van der Waals surface area contributed by atoms with E-state index in [-0.39, 0.29) is 83.0 Å². The standard InChI is InChI=1S/C40H70N4O6/c1-35(2)27-39(28-36(3,4)41-35,43-23-15-9-11-17-31(43)45)21-25-49-33(47)19-13-14-20-34(48)50-26-22-40(44-24-16-10-12-18-32(44)46)29-37(5,6)42-38(7,8)30-40/h41-42H,9-30H2,1-8H3. The number of esters is 2. The number of carbonyl (C=O) groups excluding carboxylic acids is 4. The van der Waals surface area contributed by atoms with E-state index >= 15 is 0 Å². The molecule has 0 unspecified atom stereocenters. The van der Waals surface area contributed by atoms with Crippen LogP contribution in [-0.4, -0.2) is 93.1 Å². The zero-order chi connectivity index (χ0) is 36.8. The van der Waals surface area contributed by atoms with Gasteiger partial charge in [0.15, 0.2) is 0 Å². The Bertz CT molecular complexity index is 1090. The average molecular weight is 703 g/mol. The number of nitrogens with one attached hydrogen (secondary N) is 2. The lowest BCUT2D eigenvalue weighted by molar-refractivity contribution is -0.151. The monoisotopic (exact) mass is 703 g/mol. The van der Waals surface area contributed by atoms with Crippen LogP contribution >= 0.6 is 0 Å². The van der Waals surface area contributed by atoms with Crippen molar-refractivity contribution < 1.29 is 28.7 Å². The summed E-state index contributed by atoms with van der Waals surface area (Å²) in [6.45, 7) is 19.7. The van der Waals surface area contributed by atoms with E-state index in [9.17, 15) is 19.2 Å². The minimum absolute atomic E-state index is 0.154. The topological polar surface area (TPSA) is 117 Å². The number of hydrogen-bond donors (Lipinski definition) is 2. The highest BCUT2D eigenvalue weighted by Gasteiger charge is 2.52. The third-order valence-electron chi connectivity index (χ3n) is 11.4. The minimum atomic E-state index is -0.359. The van der Waals surface area contributed by atoms with Crippen LogP contribution in [0.15, 0.2) is 0 Å². The highest BCUT2D eigenvalue weighted by atomic mass is 16.5. The van der Waals surface area contributed by atoms with Crippen LogP contribution in [0.2, 0.25) is 0 Å². The molecule has 0 aromatic heterocycles. The molecule has 10 nitrogen and oxygen atoms in total. The molecule has 2 amide bonds. The minimum Gasteiger partial charge on any atom is -0.466 e. The second-order valence-electron chi connectivity index (χ2n) is 18.8. The zero-order valence-corrected chi connectivity index (χ0v) is 32.9. The molecule has 0 aliphatic carbocycles. The molecule has 4 saturated heterocycles. The van der Waals surface area contributed by atoms with Gasteiger partial charge >= 0.3 is 11.9 Å². The van der Waals surface area contributed by atoms with Gasteiger partial charge in [-0.3, -0.25) is 19.2 Å². The molecule has 4 fully saturated rings. The van der Waals surface area contributed by atoms with Crippen molar-refractivity contribution in [2.24, 2.45) is 0 Å². The molecule has 4 aliphatic rings. The van der Waals surface area contributed by atoms with Crippen molar-refractivity contribution in [2.45, 2.75) is 204 Å². The van der Waals surface area contributed by atoms with Crippen molar-refractivity contribution in [3.8, 4) is 0 Å². The Labute approximate surface area is 302 Å². The Morgan fingerprint density at radius 2 is 0.900 bits per heavy atom. The Morgan fingerprint density at radius 3 is 1.24 bits per heavy atom. The number of unbranched alkanes of at least 4 members (excludes halogenated alkanes) is 1. The molecule has 4 aliphatic heterocycles. The van der Waals surface area contributed by atoms with Crippen molar-refractivity contribution >= 4 is 23.8 Å². The highest BCUT2D eigenvalue weighted by Crippen LogP contribution is 2.45. The molecule has 10 heteroatoms. The van der Waals surface area contributed by atoms with Crippen molar-refractivity contribution in [1.29, 1.82) is 0 Å². The SMILES string of the molecule is CC1(C)CC(CCOC(=O)CCCCC(=O)OCCC2(N3CCCCCC3=O)CC(C)(C)NC(C)(C)C2)(N2CCCCCC2=O)CC(C)(C)N1.